The van der Waals surface area contributed by atoms with E-state index in [1.165, 1.54) is 0 Å². The van der Waals surface area contributed by atoms with Crippen LogP contribution in [-0.2, 0) is 25.7 Å². The van der Waals surface area contributed by atoms with Crippen molar-refractivity contribution in [3.63, 3.8) is 0 Å². The van der Waals surface area contributed by atoms with Gasteiger partial charge in [-0.2, -0.15) is 26.3 Å². The Morgan fingerprint density at radius 1 is 1.00 bits per heavy atom. The number of aryl methyl sites for hydroxylation is 1. The van der Waals surface area contributed by atoms with Gasteiger partial charge < -0.3 is 19.8 Å². The second-order valence-electron chi connectivity index (χ2n) is 8.61. The average molecular weight is 543 g/mol. The number of rotatable bonds is 3. The summed E-state index contributed by atoms with van der Waals surface area (Å²) in [7, 11) is 0. The van der Waals surface area contributed by atoms with E-state index in [0.29, 0.717) is 37.0 Å². The van der Waals surface area contributed by atoms with E-state index in [1.807, 2.05) is 25.1 Å². The number of halogens is 6. The van der Waals surface area contributed by atoms with Crippen LogP contribution < -0.4 is 0 Å². The van der Waals surface area contributed by atoms with Gasteiger partial charge in [0.25, 0.3) is 0 Å². The molecule has 37 heavy (non-hydrogen) atoms. The van der Waals surface area contributed by atoms with Crippen molar-refractivity contribution in [1.29, 1.82) is 0 Å². The summed E-state index contributed by atoms with van der Waals surface area (Å²) in [5.41, 5.74) is 2.02. The lowest BCUT2D eigenvalue weighted by Gasteiger charge is -2.34. The first-order chi connectivity index (χ1) is 17.1. The molecular formula is C22H27F6N3O6. The Morgan fingerprint density at radius 2 is 1.54 bits per heavy atom. The molecule has 0 radical (unpaired) electrons. The monoisotopic (exact) mass is 543 g/mol. The topological polar surface area (TPSA) is 120 Å². The molecular weight excluding hydrogens is 516 g/mol. The summed E-state index contributed by atoms with van der Waals surface area (Å²) < 4.78 is 69.0. The number of fused-ring (bicyclic) bond motifs is 1. The van der Waals surface area contributed by atoms with Gasteiger partial charge in [-0.1, -0.05) is 6.07 Å². The molecule has 4 heterocycles. The normalized spacial score (nSPS) is 22.5. The minimum Gasteiger partial charge on any atom is -0.475 e. The minimum atomic E-state index is -5.08. The molecule has 0 aliphatic carbocycles. The molecule has 3 fully saturated rings. The Labute approximate surface area is 208 Å². The lowest BCUT2D eigenvalue weighted by Crippen LogP contribution is -2.44. The number of hydrogen-bond donors (Lipinski definition) is 2. The number of likely N-dealkylation sites (tertiary alicyclic amines) is 2. The van der Waals surface area contributed by atoms with E-state index in [2.05, 4.69) is 14.8 Å². The maximum absolute atomic E-state index is 12.6. The van der Waals surface area contributed by atoms with E-state index < -0.39 is 24.3 Å². The predicted octanol–water partition coefficient (Wildman–Crippen LogP) is 3.01. The maximum atomic E-state index is 12.6. The zero-order valence-corrected chi connectivity index (χ0v) is 19.8. The molecule has 9 nitrogen and oxygen atoms in total. The first kappa shape index (κ1) is 30.3. The number of aromatic nitrogens is 1. The van der Waals surface area contributed by atoms with Crippen LogP contribution in [0.3, 0.4) is 0 Å². The van der Waals surface area contributed by atoms with Crippen molar-refractivity contribution in [2.75, 3.05) is 19.8 Å². The highest BCUT2D eigenvalue weighted by molar-refractivity contribution is 5.80. The van der Waals surface area contributed by atoms with Gasteiger partial charge in [0.05, 0.1) is 12.2 Å². The third-order valence-electron chi connectivity index (χ3n) is 6.08. The molecule has 0 aromatic carbocycles. The third kappa shape index (κ3) is 8.84. The summed E-state index contributed by atoms with van der Waals surface area (Å²) in [6.07, 6.45) is -6.18. The molecule has 3 saturated heterocycles. The SMILES string of the molecule is Cc1cccc(CN2C(=O)C[C@@H]3[C@@H]2CCN3C2CCOCC2)n1.O=C(O)C(F)(F)F.O=C(O)C(F)(F)F. The lowest BCUT2D eigenvalue weighted by atomic mass is 10.0. The number of hydrogen-bond acceptors (Lipinski definition) is 6. The zero-order valence-electron chi connectivity index (χ0n) is 19.8. The Balaban J connectivity index is 0.000000286. The average Bonchev–Trinajstić information content (AvgIpc) is 3.33. The number of pyridine rings is 1. The van der Waals surface area contributed by atoms with Crippen molar-refractivity contribution in [3.05, 3.63) is 29.6 Å². The van der Waals surface area contributed by atoms with Crippen LogP contribution in [0.15, 0.2) is 18.2 Å². The molecule has 0 bridgehead atoms. The van der Waals surface area contributed by atoms with Crippen LogP contribution >= 0.6 is 0 Å². The molecule has 0 unspecified atom stereocenters. The highest BCUT2D eigenvalue weighted by atomic mass is 19.4. The summed E-state index contributed by atoms with van der Waals surface area (Å²) in [6.45, 7) is 5.50. The lowest BCUT2D eigenvalue weighted by molar-refractivity contribution is -0.193. The largest absolute Gasteiger partial charge is 0.490 e. The summed E-state index contributed by atoms with van der Waals surface area (Å²) in [5.74, 6) is -5.22. The van der Waals surface area contributed by atoms with Crippen LogP contribution in [0.4, 0.5) is 26.3 Å². The second-order valence-corrected chi connectivity index (χ2v) is 8.61. The molecule has 4 rings (SSSR count). The number of alkyl halides is 6. The van der Waals surface area contributed by atoms with E-state index in [9.17, 15) is 31.1 Å². The van der Waals surface area contributed by atoms with E-state index in [4.69, 9.17) is 24.5 Å². The van der Waals surface area contributed by atoms with Crippen molar-refractivity contribution in [2.24, 2.45) is 0 Å². The molecule has 2 atom stereocenters. The molecule has 1 aromatic heterocycles. The first-order valence-electron chi connectivity index (χ1n) is 11.3. The number of carbonyl (C=O) groups is 3. The molecule has 3 aliphatic heterocycles. The van der Waals surface area contributed by atoms with Gasteiger partial charge in [0.15, 0.2) is 0 Å². The maximum Gasteiger partial charge on any atom is 0.490 e. The predicted molar refractivity (Wildman–Crippen MR) is 114 cm³/mol. The molecule has 0 spiro atoms. The first-order valence-corrected chi connectivity index (χ1v) is 11.3. The fourth-order valence-electron chi connectivity index (χ4n) is 4.50. The van der Waals surface area contributed by atoms with Crippen LogP contribution in [0.25, 0.3) is 0 Å². The highest BCUT2D eigenvalue weighted by Crippen LogP contribution is 2.36. The number of nitrogens with zero attached hydrogens (tertiary/aromatic N) is 3. The Kier molecular flexibility index (Phi) is 10.3. The molecule has 3 aliphatic rings. The summed E-state index contributed by atoms with van der Waals surface area (Å²) in [4.78, 5) is 39.6. The molecule has 15 heteroatoms. The highest BCUT2D eigenvalue weighted by Gasteiger charge is 2.48. The van der Waals surface area contributed by atoms with E-state index in [0.717, 1.165) is 50.4 Å². The van der Waals surface area contributed by atoms with Gasteiger partial charge in [0.1, 0.15) is 0 Å². The summed E-state index contributed by atoms with van der Waals surface area (Å²) in [5, 5.41) is 14.2. The number of amides is 1. The van der Waals surface area contributed by atoms with Crippen molar-refractivity contribution >= 4 is 17.8 Å². The smallest absolute Gasteiger partial charge is 0.475 e. The Morgan fingerprint density at radius 3 is 2.03 bits per heavy atom. The van der Waals surface area contributed by atoms with Crippen molar-refractivity contribution < 1.29 is 55.7 Å². The van der Waals surface area contributed by atoms with E-state index in [-0.39, 0.29) is 0 Å². The molecule has 0 saturated carbocycles. The van der Waals surface area contributed by atoms with E-state index in [1.54, 1.807) is 0 Å². The Bertz CT molecular complexity index is 928. The second kappa shape index (κ2) is 12.5. The number of carboxylic acids is 2. The fourth-order valence-corrected chi connectivity index (χ4v) is 4.50. The number of aliphatic carboxylic acids is 2. The molecule has 1 aromatic rings. The van der Waals surface area contributed by atoms with Gasteiger partial charge in [-0.05, 0) is 38.3 Å². The van der Waals surface area contributed by atoms with Gasteiger partial charge in [0, 0.05) is 50.0 Å². The van der Waals surface area contributed by atoms with Crippen LogP contribution in [0.5, 0.6) is 0 Å². The van der Waals surface area contributed by atoms with Crippen LogP contribution in [0.2, 0.25) is 0 Å². The van der Waals surface area contributed by atoms with Gasteiger partial charge in [-0.3, -0.25) is 14.7 Å². The van der Waals surface area contributed by atoms with Crippen LogP contribution in [0.1, 0.15) is 37.1 Å². The molecule has 1 amide bonds. The van der Waals surface area contributed by atoms with Crippen molar-refractivity contribution in [1.82, 2.24) is 14.8 Å². The summed E-state index contributed by atoms with van der Waals surface area (Å²) >= 11 is 0. The van der Waals surface area contributed by atoms with Gasteiger partial charge in [0.2, 0.25) is 5.91 Å². The quantitative estimate of drug-likeness (QED) is 0.559. The van der Waals surface area contributed by atoms with Gasteiger partial charge in [-0.25, -0.2) is 9.59 Å². The van der Waals surface area contributed by atoms with Crippen LogP contribution in [-0.4, -0.2) is 93.1 Å². The minimum absolute atomic E-state index is 0.292. The fraction of sp³-hybridized carbons (Fsp3) is 0.636. The number of carboxylic acid groups (broad SMARTS) is 2. The number of carbonyl (C=O) groups excluding carboxylic acids is 1. The van der Waals surface area contributed by atoms with Gasteiger partial charge >= 0.3 is 24.3 Å². The Hall–Kier alpha value is -2.94. The molecule has 2 N–H and O–H groups in total. The standard InChI is InChI=1S/C18H25N3O2.2C2HF3O2/c1-13-3-2-4-14(19-13)12-21-16-5-8-20(17(16)11-18(21)22)15-6-9-23-10-7-15;2*3-2(4,5)1(6)7/h2-4,15-17H,5-12H2,1H3;2*(H,6,7)/t16-,17+;;/m0../s1. The number of ether oxygens (including phenoxy) is 1. The van der Waals surface area contributed by atoms with E-state index >= 15 is 0 Å². The van der Waals surface area contributed by atoms with Crippen LogP contribution in [0, 0.1) is 6.92 Å². The van der Waals surface area contributed by atoms with Gasteiger partial charge in [-0.15, -0.1) is 0 Å². The van der Waals surface area contributed by atoms with Crippen molar-refractivity contribution in [3.8, 4) is 0 Å². The third-order valence-corrected chi connectivity index (χ3v) is 6.08. The zero-order chi connectivity index (χ0) is 28.0. The molecule has 208 valence electrons. The van der Waals surface area contributed by atoms with Crippen molar-refractivity contribution in [2.45, 2.75) is 69.6 Å². The summed E-state index contributed by atoms with van der Waals surface area (Å²) in [6, 6.07) is 7.42.